The molecular formula is C14H14N4OS. The number of aryl methyl sites for hydroxylation is 2. The molecule has 3 rings (SSSR count). The van der Waals surface area contributed by atoms with Crippen LogP contribution in [0.4, 0.5) is 11.5 Å². The van der Waals surface area contributed by atoms with Crippen molar-refractivity contribution < 1.29 is 4.74 Å². The predicted molar refractivity (Wildman–Crippen MR) is 81.0 cm³/mol. The lowest BCUT2D eigenvalue weighted by molar-refractivity contribution is 0.412. The van der Waals surface area contributed by atoms with Crippen LogP contribution in [0.1, 0.15) is 11.4 Å². The minimum Gasteiger partial charge on any atom is -0.496 e. The Morgan fingerprint density at radius 3 is 2.80 bits per heavy atom. The number of hydrogen-bond donors (Lipinski definition) is 1. The van der Waals surface area contributed by atoms with Gasteiger partial charge in [0, 0.05) is 5.69 Å². The van der Waals surface area contributed by atoms with Crippen molar-refractivity contribution in [3.63, 3.8) is 0 Å². The Morgan fingerprint density at radius 2 is 2.05 bits per heavy atom. The number of fused-ring (bicyclic) bond motifs is 1. The highest BCUT2D eigenvalue weighted by atomic mass is 32.1. The van der Waals surface area contributed by atoms with E-state index < -0.39 is 0 Å². The number of benzene rings is 1. The molecule has 0 bridgehead atoms. The summed E-state index contributed by atoms with van der Waals surface area (Å²) in [7, 11) is 1.67. The highest BCUT2D eigenvalue weighted by molar-refractivity contribution is 7.16. The van der Waals surface area contributed by atoms with E-state index in [1.54, 1.807) is 12.6 Å². The zero-order valence-corrected chi connectivity index (χ0v) is 12.3. The molecule has 0 radical (unpaired) electrons. The average Bonchev–Trinajstić information content (AvgIpc) is 2.87. The maximum Gasteiger partial charge on any atom is 0.161 e. The fraction of sp³-hybridized carbons (Fsp3) is 0.214. The minimum absolute atomic E-state index is 0.731. The number of nitrogens with zero attached hydrogens (tertiary/aromatic N) is 3. The number of nitrogens with one attached hydrogen (secondary N) is 1. The summed E-state index contributed by atoms with van der Waals surface area (Å²) in [6.45, 7) is 3.89. The summed E-state index contributed by atoms with van der Waals surface area (Å²) in [5, 5.41) is 3.30. The van der Waals surface area contributed by atoms with Gasteiger partial charge in [-0.15, -0.1) is 11.3 Å². The number of anilines is 2. The van der Waals surface area contributed by atoms with E-state index in [4.69, 9.17) is 4.74 Å². The second-order valence-electron chi connectivity index (χ2n) is 4.43. The fourth-order valence-corrected chi connectivity index (χ4v) is 2.75. The summed E-state index contributed by atoms with van der Waals surface area (Å²) in [6, 6.07) is 5.92. The highest BCUT2D eigenvalue weighted by Gasteiger charge is 2.09. The van der Waals surface area contributed by atoms with E-state index in [0.29, 0.717) is 0 Å². The van der Waals surface area contributed by atoms with Gasteiger partial charge in [-0.05, 0) is 37.6 Å². The van der Waals surface area contributed by atoms with Crippen LogP contribution >= 0.6 is 11.3 Å². The zero-order chi connectivity index (χ0) is 14.1. The number of rotatable bonds is 3. The first-order chi connectivity index (χ1) is 9.67. The predicted octanol–water partition coefficient (Wildman–Crippen LogP) is 3.46. The lowest BCUT2D eigenvalue weighted by Crippen LogP contribution is -1.99. The Balaban J connectivity index is 2.00. The zero-order valence-electron chi connectivity index (χ0n) is 11.5. The Hall–Kier alpha value is -2.21. The van der Waals surface area contributed by atoms with E-state index in [1.165, 1.54) is 11.3 Å². The molecule has 0 aliphatic rings. The Bertz CT molecular complexity index is 769. The van der Waals surface area contributed by atoms with Crippen LogP contribution in [0, 0.1) is 13.8 Å². The van der Waals surface area contributed by atoms with Crippen LogP contribution in [0.3, 0.4) is 0 Å². The number of ether oxygens (including phenoxy) is 1. The molecule has 5 nitrogen and oxygen atoms in total. The molecule has 20 heavy (non-hydrogen) atoms. The van der Waals surface area contributed by atoms with Crippen LogP contribution in [0.15, 0.2) is 23.7 Å². The van der Waals surface area contributed by atoms with Gasteiger partial charge in [-0.3, -0.25) is 0 Å². The normalized spacial score (nSPS) is 10.8. The largest absolute Gasteiger partial charge is 0.496 e. The van der Waals surface area contributed by atoms with Crippen LogP contribution in [0.5, 0.6) is 5.75 Å². The van der Waals surface area contributed by atoms with E-state index in [2.05, 4.69) is 20.3 Å². The molecule has 1 aromatic carbocycles. The van der Waals surface area contributed by atoms with Crippen molar-refractivity contribution in [2.45, 2.75) is 13.8 Å². The number of aromatic nitrogens is 3. The standard InChI is InChI=1S/C14H14N4OS/c1-8-6-10(4-5-11(8)19-3)18-13-12-14(20-7-15-12)17-9(2)16-13/h4-7H,1-3H3,(H,16,17,18). The Labute approximate surface area is 120 Å². The van der Waals surface area contributed by atoms with Crippen LogP contribution < -0.4 is 10.1 Å². The molecule has 0 saturated heterocycles. The smallest absolute Gasteiger partial charge is 0.161 e. The van der Waals surface area contributed by atoms with Gasteiger partial charge in [0.2, 0.25) is 0 Å². The van der Waals surface area contributed by atoms with Crippen molar-refractivity contribution in [2.24, 2.45) is 0 Å². The molecule has 2 heterocycles. The van der Waals surface area contributed by atoms with E-state index >= 15 is 0 Å². The van der Waals surface area contributed by atoms with E-state index in [0.717, 1.165) is 39.0 Å². The van der Waals surface area contributed by atoms with Crippen molar-refractivity contribution in [3.05, 3.63) is 35.1 Å². The molecule has 0 spiro atoms. The second kappa shape index (κ2) is 5.05. The topological polar surface area (TPSA) is 59.9 Å². The third-order valence-corrected chi connectivity index (χ3v) is 3.69. The van der Waals surface area contributed by atoms with Gasteiger partial charge in [0.25, 0.3) is 0 Å². The molecule has 0 aliphatic carbocycles. The first kappa shape index (κ1) is 12.8. The van der Waals surface area contributed by atoms with Gasteiger partial charge in [-0.2, -0.15) is 0 Å². The first-order valence-electron chi connectivity index (χ1n) is 6.17. The average molecular weight is 286 g/mol. The van der Waals surface area contributed by atoms with Gasteiger partial charge in [-0.25, -0.2) is 15.0 Å². The quantitative estimate of drug-likeness (QED) is 0.799. The van der Waals surface area contributed by atoms with E-state index in [-0.39, 0.29) is 0 Å². The summed E-state index contributed by atoms with van der Waals surface area (Å²) in [4.78, 5) is 14.0. The van der Waals surface area contributed by atoms with Gasteiger partial charge >= 0.3 is 0 Å². The number of hydrogen-bond acceptors (Lipinski definition) is 6. The maximum absolute atomic E-state index is 5.26. The van der Waals surface area contributed by atoms with Gasteiger partial charge in [0.15, 0.2) is 5.82 Å². The summed E-state index contributed by atoms with van der Waals surface area (Å²) in [5.74, 6) is 2.33. The minimum atomic E-state index is 0.731. The van der Waals surface area contributed by atoms with Crippen LogP contribution in [-0.2, 0) is 0 Å². The van der Waals surface area contributed by atoms with Crippen LogP contribution in [0.2, 0.25) is 0 Å². The summed E-state index contributed by atoms with van der Waals surface area (Å²) in [5.41, 5.74) is 4.60. The Kier molecular flexibility index (Phi) is 3.23. The molecule has 3 aromatic rings. The fourth-order valence-electron chi connectivity index (χ4n) is 2.05. The van der Waals surface area contributed by atoms with Crippen molar-refractivity contribution in [2.75, 3.05) is 12.4 Å². The lowest BCUT2D eigenvalue weighted by Gasteiger charge is -2.10. The van der Waals surface area contributed by atoms with Gasteiger partial charge in [0.1, 0.15) is 21.9 Å². The van der Waals surface area contributed by atoms with E-state index in [9.17, 15) is 0 Å². The molecule has 0 unspecified atom stereocenters. The summed E-state index contributed by atoms with van der Waals surface area (Å²) >= 11 is 1.51. The van der Waals surface area contributed by atoms with Gasteiger partial charge in [0.05, 0.1) is 12.6 Å². The van der Waals surface area contributed by atoms with Gasteiger partial charge < -0.3 is 10.1 Å². The third-order valence-electron chi connectivity index (χ3n) is 2.97. The van der Waals surface area contributed by atoms with Crippen molar-refractivity contribution in [1.29, 1.82) is 0 Å². The molecule has 0 fully saturated rings. The summed E-state index contributed by atoms with van der Waals surface area (Å²) in [6.07, 6.45) is 0. The van der Waals surface area contributed by atoms with Crippen LogP contribution in [0.25, 0.3) is 10.3 Å². The monoisotopic (exact) mass is 286 g/mol. The van der Waals surface area contributed by atoms with Gasteiger partial charge in [-0.1, -0.05) is 0 Å². The molecule has 2 aromatic heterocycles. The maximum atomic E-state index is 5.26. The molecule has 102 valence electrons. The van der Waals surface area contributed by atoms with Crippen LogP contribution in [-0.4, -0.2) is 22.1 Å². The molecule has 6 heteroatoms. The molecule has 0 amide bonds. The molecule has 0 saturated carbocycles. The first-order valence-corrected chi connectivity index (χ1v) is 7.05. The molecular weight excluding hydrogens is 272 g/mol. The Morgan fingerprint density at radius 1 is 1.20 bits per heavy atom. The van der Waals surface area contributed by atoms with Crippen molar-refractivity contribution >= 4 is 33.2 Å². The summed E-state index contributed by atoms with van der Waals surface area (Å²) < 4.78 is 5.26. The number of methoxy groups -OCH3 is 1. The van der Waals surface area contributed by atoms with Crippen molar-refractivity contribution in [3.8, 4) is 5.75 Å². The second-order valence-corrected chi connectivity index (χ2v) is 5.27. The molecule has 1 N–H and O–H groups in total. The molecule has 0 atom stereocenters. The third kappa shape index (κ3) is 2.30. The molecule has 0 aliphatic heterocycles. The van der Waals surface area contributed by atoms with E-state index in [1.807, 2.05) is 32.0 Å². The SMILES string of the molecule is COc1ccc(Nc2nc(C)nc3scnc23)cc1C. The van der Waals surface area contributed by atoms with Crippen molar-refractivity contribution in [1.82, 2.24) is 15.0 Å². The highest BCUT2D eigenvalue weighted by Crippen LogP contribution is 2.27. The lowest BCUT2D eigenvalue weighted by atomic mass is 10.2. The number of thiazole rings is 1.